The van der Waals surface area contributed by atoms with Gasteiger partial charge in [-0.25, -0.2) is 4.39 Å². The quantitative estimate of drug-likeness (QED) is 0.0244. The van der Waals surface area contributed by atoms with Gasteiger partial charge in [0.15, 0.2) is 0 Å². The Kier molecular flexibility index (Phi) is 26.6. The maximum atomic E-state index is 14.3. The standard InChI is InChI=1S/C59H75FN4O6/c1-4-5-6-7-8-9-10-11-12-13-14-15-16-17-18-19-20-21-28-33-53(67)61-39-42-70-43-40-62-54(68)45-52(66)44-51(65)38-41-64-57(46(2)3)56(59(69)63-50-31-26-23-27-32-50)55(47-29-24-22-25-30-47)58(64)48-34-36-49(60)37-35-48/h5-6,8-9,11-12,14-15,17-18,20-27,29-32,34-37,46,51-52,65-66H,4,7,10,13,16,19,28,33,38-45H2,1-3H3,(H,61,67)(H,62,68)(H,63,69). The Morgan fingerprint density at radius 1 is 0.657 bits per heavy atom. The predicted octanol–water partition coefficient (Wildman–Crippen LogP) is 12.0. The van der Waals surface area contributed by atoms with Crippen LogP contribution in [0, 0.1) is 5.82 Å². The van der Waals surface area contributed by atoms with Crippen LogP contribution in [0.4, 0.5) is 10.1 Å². The number of carbonyl (C=O) groups is 3. The molecule has 1 heterocycles. The molecule has 0 aliphatic heterocycles. The van der Waals surface area contributed by atoms with Crippen molar-refractivity contribution in [1.82, 2.24) is 15.2 Å². The number of aliphatic hydroxyl groups is 2. The van der Waals surface area contributed by atoms with Gasteiger partial charge in [0.2, 0.25) is 11.8 Å². The molecule has 2 atom stereocenters. The zero-order chi connectivity index (χ0) is 50.2. The Morgan fingerprint density at radius 3 is 1.74 bits per heavy atom. The number of amides is 3. The van der Waals surface area contributed by atoms with Gasteiger partial charge in [0.05, 0.1) is 43.1 Å². The normalized spacial score (nSPS) is 13.0. The molecule has 0 aliphatic rings. The Hall–Kier alpha value is -6.40. The topological polar surface area (TPSA) is 142 Å². The van der Waals surface area contributed by atoms with Crippen molar-refractivity contribution in [3.63, 3.8) is 0 Å². The van der Waals surface area contributed by atoms with Gasteiger partial charge in [0.1, 0.15) is 5.82 Å². The number of hydrogen-bond acceptors (Lipinski definition) is 6. The summed E-state index contributed by atoms with van der Waals surface area (Å²) in [5, 5.41) is 30.7. The zero-order valence-corrected chi connectivity index (χ0v) is 41.4. The number of benzene rings is 3. The number of aliphatic hydroxyl groups excluding tert-OH is 2. The molecule has 70 heavy (non-hydrogen) atoms. The number of halogens is 1. The molecule has 11 heteroatoms. The van der Waals surface area contributed by atoms with Gasteiger partial charge in [-0.15, -0.1) is 0 Å². The van der Waals surface area contributed by atoms with Crippen molar-refractivity contribution >= 4 is 23.4 Å². The van der Waals surface area contributed by atoms with E-state index in [0.717, 1.165) is 49.8 Å². The zero-order valence-electron chi connectivity index (χ0n) is 41.4. The number of nitrogens with one attached hydrogen (secondary N) is 3. The number of carbonyl (C=O) groups excluding carboxylic acids is 3. The average Bonchev–Trinajstić information content (AvgIpc) is 3.70. The second-order valence-electron chi connectivity index (χ2n) is 17.3. The summed E-state index contributed by atoms with van der Waals surface area (Å²) in [7, 11) is 0. The third-order valence-electron chi connectivity index (χ3n) is 11.2. The summed E-state index contributed by atoms with van der Waals surface area (Å²) in [5.74, 6) is -1.24. The third kappa shape index (κ3) is 21.1. The number of ether oxygens (including phenoxy) is 1. The molecule has 0 saturated carbocycles. The van der Waals surface area contributed by atoms with E-state index >= 15 is 0 Å². The minimum absolute atomic E-state index is 0.0409. The minimum atomic E-state index is -1.10. The fourth-order valence-corrected chi connectivity index (χ4v) is 7.86. The largest absolute Gasteiger partial charge is 0.393 e. The summed E-state index contributed by atoms with van der Waals surface area (Å²) < 4.78 is 21.9. The van der Waals surface area contributed by atoms with Crippen molar-refractivity contribution in [2.24, 2.45) is 0 Å². The van der Waals surface area contributed by atoms with Crippen LogP contribution in [0.2, 0.25) is 0 Å². The van der Waals surface area contributed by atoms with Gasteiger partial charge < -0.3 is 35.5 Å². The van der Waals surface area contributed by atoms with Crippen LogP contribution in [0.15, 0.2) is 158 Å². The first-order valence-electron chi connectivity index (χ1n) is 24.9. The number of nitrogens with zero attached hydrogens (tertiary/aromatic N) is 1. The Labute approximate surface area is 415 Å². The van der Waals surface area contributed by atoms with E-state index in [4.69, 9.17) is 4.74 Å². The molecule has 1 aromatic heterocycles. The van der Waals surface area contributed by atoms with E-state index < -0.39 is 12.2 Å². The lowest BCUT2D eigenvalue weighted by atomic mass is 9.94. The summed E-state index contributed by atoms with van der Waals surface area (Å²) in [6.07, 6.45) is 30.5. The third-order valence-corrected chi connectivity index (χ3v) is 11.2. The van der Waals surface area contributed by atoms with Crippen LogP contribution in [0.3, 0.4) is 0 Å². The number of hydrogen-bond donors (Lipinski definition) is 5. The molecule has 0 bridgehead atoms. The van der Waals surface area contributed by atoms with Crippen LogP contribution in [0.5, 0.6) is 0 Å². The lowest BCUT2D eigenvalue weighted by Crippen LogP contribution is -2.32. The second-order valence-corrected chi connectivity index (χ2v) is 17.3. The highest BCUT2D eigenvalue weighted by molar-refractivity contribution is 6.12. The number of aromatic nitrogens is 1. The number of rotatable bonds is 32. The van der Waals surface area contributed by atoms with Crippen LogP contribution in [0.25, 0.3) is 22.4 Å². The molecule has 0 radical (unpaired) electrons. The summed E-state index contributed by atoms with van der Waals surface area (Å²) in [5.41, 5.74) is 4.79. The first-order valence-corrected chi connectivity index (χ1v) is 24.9. The Balaban J connectivity index is 1.15. The van der Waals surface area contributed by atoms with Crippen molar-refractivity contribution in [2.75, 3.05) is 31.6 Å². The number of allylic oxidation sites excluding steroid dienone is 12. The van der Waals surface area contributed by atoms with E-state index in [1.165, 1.54) is 12.1 Å². The van der Waals surface area contributed by atoms with Crippen LogP contribution in [-0.2, 0) is 20.9 Å². The molecule has 2 unspecified atom stereocenters. The van der Waals surface area contributed by atoms with Crippen molar-refractivity contribution < 1.29 is 33.7 Å². The molecule has 0 aliphatic carbocycles. The molecule has 374 valence electrons. The van der Waals surface area contributed by atoms with E-state index in [1.807, 2.05) is 85.2 Å². The van der Waals surface area contributed by atoms with E-state index in [9.17, 15) is 29.0 Å². The van der Waals surface area contributed by atoms with E-state index in [1.54, 1.807) is 12.1 Å². The van der Waals surface area contributed by atoms with Gasteiger partial charge >= 0.3 is 0 Å². The fourth-order valence-electron chi connectivity index (χ4n) is 7.86. The van der Waals surface area contributed by atoms with Crippen molar-refractivity contribution in [3.05, 3.63) is 175 Å². The molecule has 0 fully saturated rings. The first kappa shape index (κ1) is 56.2. The lowest BCUT2D eigenvalue weighted by Gasteiger charge is -2.20. The van der Waals surface area contributed by atoms with Crippen molar-refractivity contribution in [1.29, 1.82) is 0 Å². The predicted molar refractivity (Wildman–Crippen MR) is 284 cm³/mol. The van der Waals surface area contributed by atoms with Gasteiger partial charge in [-0.3, -0.25) is 14.4 Å². The van der Waals surface area contributed by atoms with Gasteiger partial charge in [-0.2, -0.15) is 0 Å². The van der Waals surface area contributed by atoms with Crippen molar-refractivity contribution in [3.8, 4) is 22.4 Å². The number of para-hydroxylation sites is 1. The second kappa shape index (κ2) is 33.2. The van der Waals surface area contributed by atoms with Gasteiger partial charge in [0.25, 0.3) is 5.91 Å². The Bertz CT molecular complexity index is 2330. The van der Waals surface area contributed by atoms with Crippen molar-refractivity contribution in [2.45, 2.75) is 116 Å². The molecular weight excluding hydrogens is 880 g/mol. The maximum Gasteiger partial charge on any atom is 0.258 e. The van der Waals surface area contributed by atoms with E-state index in [-0.39, 0.29) is 68.4 Å². The van der Waals surface area contributed by atoms with E-state index in [0.29, 0.717) is 54.1 Å². The summed E-state index contributed by atoms with van der Waals surface area (Å²) >= 11 is 0. The Morgan fingerprint density at radius 2 is 1.19 bits per heavy atom. The highest BCUT2D eigenvalue weighted by atomic mass is 19.1. The fraction of sp³-hybridized carbons (Fsp3) is 0.373. The van der Waals surface area contributed by atoms with Crippen LogP contribution >= 0.6 is 0 Å². The van der Waals surface area contributed by atoms with Gasteiger partial charge in [0, 0.05) is 43.0 Å². The monoisotopic (exact) mass is 955 g/mol. The van der Waals surface area contributed by atoms with Gasteiger partial charge in [-0.05, 0) is 111 Å². The summed E-state index contributed by atoms with van der Waals surface area (Å²) in [4.78, 5) is 39.2. The van der Waals surface area contributed by atoms with Crippen LogP contribution < -0.4 is 16.0 Å². The highest BCUT2D eigenvalue weighted by Crippen LogP contribution is 2.42. The van der Waals surface area contributed by atoms with Crippen LogP contribution in [-0.4, -0.2) is 71.0 Å². The molecule has 3 amide bonds. The van der Waals surface area contributed by atoms with Gasteiger partial charge in [-0.1, -0.05) is 142 Å². The molecule has 4 rings (SSSR count). The van der Waals surface area contributed by atoms with E-state index in [2.05, 4.69) is 89.7 Å². The number of anilines is 1. The molecule has 4 aromatic rings. The lowest BCUT2D eigenvalue weighted by molar-refractivity contribution is -0.123. The summed E-state index contributed by atoms with van der Waals surface area (Å²) in [6, 6.07) is 25.0. The molecule has 0 spiro atoms. The highest BCUT2D eigenvalue weighted by Gasteiger charge is 2.31. The first-order chi connectivity index (χ1) is 34.1. The average molecular weight is 955 g/mol. The van der Waals surface area contributed by atoms with Crippen LogP contribution in [0.1, 0.15) is 113 Å². The molecule has 3 aromatic carbocycles. The molecule has 10 nitrogen and oxygen atoms in total. The molecular formula is C59H75FN4O6. The molecule has 0 saturated heterocycles. The molecule has 5 N–H and O–H groups in total. The maximum absolute atomic E-state index is 14.3. The smallest absolute Gasteiger partial charge is 0.258 e. The SMILES string of the molecule is CCC=CCC=CCC=CCC=CCC=CCC=CCCC(=O)NCCOCCNC(=O)CC(O)CC(O)CCn1c(-c2ccc(F)cc2)c(-c2ccccc2)c(C(=O)Nc2ccccc2)c1C(C)C. The summed E-state index contributed by atoms with van der Waals surface area (Å²) in [6.45, 7) is 7.55. The minimum Gasteiger partial charge on any atom is -0.393 e.